The molecule has 0 unspecified atom stereocenters. The summed E-state index contributed by atoms with van der Waals surface area (Å²) in [5, 5.41) is 29.1. The summed E-state index contributed by atoms with van der Waals surface area (Å²) in [5.74, 6) is -0.517. The summed E-state index contributed by atoms with van der Waals surface area (Å²) in [6.45, 7) is -0.408. The highest BCUT2D eigenvalue weighted by Gasteiger charge is 2.43. The van der Waals surface area contributed by atoms with Crippen LogP contribution in [-0.2, 0) is 9.47 Å². The maximum Gasteiger partial charge on any atom is 0.340 e. The van der Waals surface area contributed by atoms with Crippen molar-refractivity contribution in [3.8, 4) is 0 Å². The van der Waals surface area contributed by atoms with Gasteiger partial charge in [-0.25, -0.2) is 9.78 Å². The molecular weight excluding hydrogens is 292 g/mol. The fourth-order valence-electron chi connectivity index (χ4n) is 2.64. The van der Waals surface area contributed by atoms with Crippen molar-refractivity contribution in [3.05, 3.63) is 30.1 Å². The second-order valence-electron chi connectivity index (χ2n) is 5.05. The number of imidazole rings is 1. The van der Waals surface area contributed by atoms with Gasteiger partial charge in [0, 0.05) is 0 Å². The maximum absolute atomic E-state index is 11.7. The Kier molecular flexibility index (Phi) is 3.83. The Labute approximate surface area is 125 Å². The van der Waals surface area contributed by atoms with Crippen LogP contribution in [0.4, 0.5) is 0 Å². The molecule has 2 heterocycles. The average molecular weight is 308 g/mol. The molecule has 1 aromatic heterocycles. The van der Waals surface area contributed by atoms with Crippen LogP contribution in [0.25, 0.3) is 11.0 Å². The summed E-state index contributed by atoms with van der Waals surface area (Å²) in [7, 11) is 1.28. The van der Waals surface area contributed by atoms with Gasteiger partial charge < -0.3 is 29.4 Å². The second kappa shape index (κ2) is 5.65. The minimum atomic E-state index is -1.21. The summed E-state index contributed by atoms with van der Waals surface area (Å²) in [5.41, 5.74) is 1.26. The van der Waals surface area contributed by atoms with Gasteiger partial charge in [-0.3, -0.25) is 0 Å². The van der Waals surface area contributed by atoms with E-state index >= 15 is 0 Å². The number of hydrogen-bond donors (Lipinski definition) is 3. The number of aromatic nitrogens is 2. The van der Waals surface area contributed by atoms with Gasteiger partial charge >= 0.3 is 5.97 Å². The Hall–Kier alpha value is -2.00. The van der Waals surface area contributed by atoms with E-state index < -0.39 is 37.1 Å². The molecule has 0 radical (unpaired) electrons. The molecule has 8 heteroatoms. The predicted octanol–water partition coefficient (Wildman–Crippen LogP) is -0.566. The fraction of sp³-hybridized carbons (Fsp3) is 0.429. The van der Waals surface area contributed by atoms with Crippen molar-refractivity contribution < 1.29 is 29.6 Å². The summed E-state index contributed by atoms with van der Waals surface area (Å²) >= 11 is 0. The molecule has 1 aliphatic rings. The standard InChI is InChI=1S/C14H16N2O6/c1-21-14(20)7-3-2-4-8-10(7)15-6-16(8)13-12(19)11(18)9(5-17)22-13/h2-4,6,9,11-13,17-19H,5H2,1H3/t9-,11-,12-,13-/m1/s1. The first-order valence-corrected chi connectivity index (χ1v) is 6.74. The van der Waals surface area contributed by atoms with Gasteiger partial charge in [0.2, 0.25) is 0 Å². The molecule has 4 atom stereocenters. The lowest BCUT2D eigenvalue weighted by Gasteiger charge is -2.17. The van der Waals surface area contributed by atoms with E-state index in [-0.39, 0.29) is 0 Å². The normalized spacial score (nSPS) is 28.2. The van der Waals surface area contributed by atoms with Crippen molar-refractivity contribution in [2.24, 2.45) is 0 Å². The van der Waals surface area contributed by atoms with E-state index in [1.54, 1.807) is 18.2 Å². The highest BCUT2D eigenvalue weighted by atomic mass is 16.6. The third-order valence-corrected chi connectivity index (χ3v) is 3.80. The first-order chi connectivity index (χ1) is 10.6. The molecule has 22 heavy (non-hydrogen) atoms. The molecule has 118 valence electrons. The summed E-state index contributed by atoms with van der Waals surface area (Å²) < 4.78 is 11.7. The van der Waals surface area contributed by atoms with E-state index in [9.17, 15) is 15.0 Å². The number of methoxy groups -OCH3 is 1. The summed E-state index contributed by atoms with van der Waals surface area (Å²) in [6.07, 6.45) is -2.77. The zero-order chi connectivity index (χ0) is 15.9. The van der Waals surface area contributed by atoms with Crippen LogP contribution in [0.15, 0.2) is 24.5 Å². The quantitative estimate of drug-likeness (QED) is 0.651. The van der Waals surface area contributed by atoms with Crippen LogP contribution in [0.2, 0.25) is 0 Å². The van der Waals surface area contributed by atoms with Crippen LogP contribution in [0, 0.1) is 0 Å². The van der Waals surface area contributed by atoms with Crippen molar-refractivity contribution in [1.82, 2.24) is 9.55 Å². The molecule has 0 aliphatic carbocycles. The van der Waals surface area contributed by atoms with Gasteiger partial charge in [-0.1, -0.05) is 6.07 Å². The number of carbonyl (C=O) groups is 1. The van der Waals surface area contributed by atoms with Crippen LogP contribution in [-0.4, -0.2) is 62.9 Å². The highest BCUT2D eigenvalue weighted by molar-refractivity contribution is 6.01. The number of aliphatic hydroxyl groups excluding tert-OH is 3. The average Bonchev–Trinajstić information content (AvgIpc) is 3.08. The topological polar surface area (TPSA) is 114 Å². The lowest BCUT2D eigenvalue weighted by molar-refractivity contribution is -0.0508. The molecule has 1 aromatic carbocycles. The number of nitrogens with zero attached hydrogens (tertiary/aromatic N) is 2. The van der Waals surface area contributed by atoms with Crippen molar-refractivity contribution in [1.29, 1.82) is 0 Å². The Balaban J connectivity index is 2.04. The predicted molar refractivity (Wildman–Crippen MR) is 74.1 cm³/mol. The number of para-hydroxylation sites is 1. The number of hydrogen-bond acceptors (Lipinski definition) is 7. The van der Waals surface area contributed by atoms with Crippen molar-refractivity contribution in [2.45, 2.75) is 24.5 Å². The van der Waals surface area contributed by atoms with E-state index in [0.717, 1.165) is 0 Å². The first kappa shape index (κ1) is 14.9. The van der Waals surface area contributed by atoms with E-state index in [0.29, 0.717) is 16.6 Å². The van der Waals surface area contributed by atoms with Gasteiger partial charge in [-0.2, -0.15) is 0 Å². The zero-order valence-corrected chi connectivity index (χ0v) is 11.8. The van der Waals surface area contributed by atoms with Gasteiger partial charge in [0.15, 0.2) is 6.23 Å². The molecule has 3 rings (SSSR count). The molecule has 0 spiro atoms. The Morgan fingerprint density at radius 2 is 2.18 bits per heavy atom. The van der Waals surface area contributed by atoms with Crippen molar-refractivity contribution >= 4 is 17.0 Å². The van der Waals surface area contributed by atoms with Crippen LogP contribution < -0.4 is 0 Å². The minimum absolute atomic E-state index is 0.297. The van der Waals surface area contributed by atoms with Crippen LogP contribution in [0.1, 0.15) is 16.6 Å². The van der Waals surface area contributed by atoms with Gasteiger partial charge in [-0.15, -0.1) is 0 Å². The lowest BCUT2D eigenvalue weighted by Crippen LogP contribution is -2.33. The minimum Gasteiger partial charge on any atom is -0.465 e. The molecular formula is C14H16N2O6. The third kappa shape index (κ3) is 2.17. The van der Waals surface area contributed by atoms with Crippen LogP contribution in [0.5, 0.6) is 0 Å². The SMILES string of the molecule is COC(=O)c1cccc2c1ncn2[C@@H]1O[C@H](CO)[C@@H](O)[C@H]1O. The molecule has 1 saturated heterocycles. The maximum atomic E-state index is 11.7. The molecule has 1 fully saturated rings. The monoisotopic (exact) mass is 308 g/mol. The van der Waals surface area contributed by atoms with Crippen molar-refractivity contribution in [2.75, 3.05) is 13.7 Å². The number of benzene rings is 1. The molecule has 0 bridgehead atoms. The third-order valence-electron chi connectivity index (χ3n) is 3.80. The molecule has 1 aliphatic heterocycles. The van der Waals surface area contributed by atoms with E-state index in [4.69, 9.17) is 14.6 Å². The number of rotatable bonds is 3. The van der Waals surface area contributed by atoms with E-state index in [1.807, 2.05) is 0 Å². The molecule has 3 N–H and O–H groups in total. The zero-order valence-electron chi connectivity index (χ0n) is 11.8. The second-order valence-corrected chi connectivity index (χ2v) is 5.05. The largest absolute Gasteiger partial charge is 0.465 e. The number of fused-ring (bicyclic) bond motifs is 1. The van der Waals surface area contributed by atoms with Crippen LogP contribution in [0.3, 0.4) is 0 Å². The molecule has 8 nitrogen and oxygen atoms in total. The highest BCUT2D eigenvalue weighted by Crippen LogP contribution is 2.32. The van der Waals surface area contributed by atoms with Gasteiger partial charge in [0.05, 0.1) is 31.1 Å². The van der Waals surface area contributed by atoms with Gasteiger partial charge in [0.25, 0.3) is 0 Å². The molecule has 0 amide bonds. The Bertz CT molecular complexity index is 700. The van der Waals surface area contributed by atoms with Crippen LogP contribution >= 0.6 is 0 Å². The summed E-state index contributed by atoms with van der Waals surface area (Å²) in [4.78, 5) is 15.9. The number of esters is 1. The Morgan fingerprint density at radius 3 is 2.82 bits per heavy atom. The number of aliphatic hydroxyl groups is 3. The van der Waals surface area contributed by atoms with E-state index in [1.165, 1.54) is 18.0 Å². The van der Waals surface area contributed by atoms with Crippen molar-refractivity contribution in [3.63, 3.8) is 0 Å². The number of ether oxygens (including phenoxy) is 2. The van der Waals surface area contributed by atoms with Gasteiger partial charge in [0.1, 0.15) is 23.8 Å². The Morgan fingerprint density at radius 1 is 1.41 bits per heavy atom. The molecule has 0 saturated carbocycles. The summed E-state index contributed by atoms with van der Waals surface area (Å²) in [6, 6.07) is 4.96. The fourth-order valence-corrected chi connectivity index (χ4v) is 2.64. The van der Waals surface area contributed by atoms with E-state index in [2.05, 4.69) is 4.98 Å². The lowest BCUT2D eigenvalue weighted by atomic mass is 10.1. The molecule has 2 aromatic rings. The smallest absolute Gasteiger partial charge is 0.340 e. The number of carbonyl (C=O) groups excluding carboxylic acids is 1. The van der Waals surface area contributed by atoms with Gasteiger partial charge in [-0.05, 0) is 12.1 Å². The first-order valence-electron chi connectivity index (χ1n) is 6.74.